The van der Waals surface area contributed by atoms with Gasteiger partial charge in [0.25, 0.3) is 0 Å². The lowest BCUT2D eigenvalue weighted by Gasteiger charge is -2.44. The Morgan fingerprint density at radius 3 is 1.00 bits per heavy atom. The van der Waals surface area contributed by atoms with Crippen molar-refractivity contribution in [3.8, 4) is 0 Å². The quantitative estimate of drug-likeness (QED) is 0.106. The molecule has 13 aliphatic rings. The number of benzene rings is 7. The number of hydrogen-bond acceptors (Lipinski definition) is 19. The highest BCUT2D eigenvalue weighted by Crippen LogP contribution is 2.49. The second-order valence-corrected chi connectivity index (χ2v) is 46.0. The molecule has 1 N–H and O–H groups in total. The number of carbonyl (C=O) groups is 10. The van der Waals surface area contributed by atoms with Crippen LogP contribution in [0.2, 0.25) is 15.1 Å². The van der Waals surface area contributed by atoms with E-state index >= 15 is 0 Å². The summed E-state index contributed by atoms with van der Waals surface area (Å²) >= 11 is 18.2. The van der Waals surface area contributed by atoms with E-state index in [0.29, 0.717) is 149 Å². The first-order chi connectivity index (χ1) is 70.3. The van der Waals surface area contributed by atoms with Gasteiger partial charge in [-0.05, 0) is 249 Å². The van der Waals surface area contributed by atoms with Crippen molar-refractivity contribution in [3.63, 3.8) is 0 Å². The van der Waals surface area contributed by atoms with Crippen molar-refractivity contribution < 1.29 is 72.0 Å². The third-order valence-electron chi connectivity index (χ3n) is 32.2. The van der Waals surface area contributed by atoms with Gasteiger partial charge in [0.15, 0.2) is 5.78 Å². The van der Waals surface area contributed by atoms with Gasteiger partial charge in [-0.15, -0.1) is 0 Å². The third kappa shape index (κ3) is 25.6. The Hall–Kier alpha value is -10.8. The number of aliphatic carboxylic acids is 1. The van der Waals surface area contributed by atoms with Crippen molar-refractivity contribution in [2.24, 2.45) is 17.8 Å². The maximum Gasteiger partial charge on any atom is 0.410 e. The van der Waals surface area contributed by atoms with Crippen LogP contribution in [0.1, 0.15) is 240 Å². The SMILES string of the molecule is CC(C)(C)OC(=O)N1CC(C(=O)O)C(c2ccc(Cl)cc2)C1.CC(C)N1CN(c2ccccc2)C2(CCCCC2)C1=O.CC(C)N1CN(c2ccccc2)C2(CCN(C(=O)C3CN(C(=O)OC(C)(C)C)CC3c3ccc(Cl)cc3)CC2)C1=O.CC(C)N1CN(c2ccccc2)C2(CCN(C(=O)C3CN(C4CCOCC4)CC3c3ccc(Cl)cc3)CC2)C1=O.O=C1CCN(c2ccccc2)C12CCCCC2.O=C1CCOCC1. The summed E-state index contributed by atoms with van der Waals surface area (Å²) in [4.78, 5) is 153. The number of halogens is 3. The average Bonchev–Trinajstić information content (AvgIpc) is 1.59. The first-order valence-electron chi connectivity index (χ1n) is 53.5. The van der Waals surface area contributed by atoms with Crippen LogP contribution < -0.4 is 19.6 Å². The van der Waals surface area contributed by atoms with E-state index in [2.05, 4.69) is 137 Å². The smallest absolute Gasteiger partial charge is 0.410 e. The molecule has 6 unspecified atom stereocenters. The molecule has 7 aromatic rings. The minimum absolute atomic E-state index is 0.0169. The normalized spacial score (nSPS) is 23.4. The summed E-state index contributed by atoms with van der Waals surface area (Å²) in [6.45, 7) is 34.0. The Labute approximate surface area is 884 Å². The zero-order valence-corrected chi connectivity index (χ0v) is 90.3. The predicted octanol–water partition coefficient (Wildman–Crippen LogP) is 20.3. The predicted molar refractivity (Wildman–Crippen MR) is 576 cm³/mol. The van der Waals surface area contributed by atoms with Crippen molar-refractivity contribution in [2.75, 3.05) is 138 Å². The number of piperidine rings is 2. The van der Waals surface area contributed by atoms with Gasteiger partial charge in [-0.25, -0.2) is 9.59 Å². The molecule has 2 aliphatic carbocycles. The molecule has 6 atom stereocenters. The molecule has 27 nitrogen and oxygen atoms in total. The molecular weight excluding hydrogens is 1920 g/mol. The van der Waals surface area contributed by atoms with E-state index in [1.807, 2.05) is 156 Å². The van der Waals surface area contributed by atoms with E-state index in [4.69, 9.17) is 53.8 Å². The van der Waals surface area contributed by atoms with E-state index in [9.17, 15) is 53.1 Å². The lowest BCUT2D eigenvalue weighted by Crippen LogP contribution is -2.58. The Kier molecular flexibility index (Phi) is 36.4. The van der Waals surface area contributed by atoms with Crippen LogP contribution in [0.5, 0.6) is 0 Å². The summed E-state index contributed by atoms with van der Waals surface area (Å²) in [5.74, 6) is -0.634. The van der Waals surface area contributed by atoms with Gasteiger partial charge in [-0.3, -0.25) is 43.3 Å². The second-order valence-electron chi connectivity index (χ2n) is 44.7. The third-order valence-corrected chi connectivity index (χ3v) is 33.0. The first-order valence-corrected chi connectivity index (χ1v) is 54.7. The van der Waals surface area contributed by atoms with E-state index < -0.39 is 52.3 Å². The molecule has 0 radical (unpaired) electrons. The molecule has 147 heavy (non-hydrogen) atoms. The number of amides is 7. The van der Waals surface area contributed by atoms with Gasteiger partial charge < -0.3 is 78.0 Å². The number of ether oxygens (including phenoxy) is 4. The van der Waals surface area contributed by atoms with Crippen LogP contribution in [-0.2, 0) is 57.3 Å². The van der Waals surface area contributed by atoms with Crippen LogP contribution in [0.3, 0.4) is 0 Å². The molecule has 30 heteroatoms. The highest BCUT2D eigenvalue weighted by molar-refractivity contribution is 6.31. The maximum absolute atomic E-state index is 14.2. The van der Waals surface area contributed by atoms with Crippen LogP contribution in [0.15, 0.2) is 194 Å². The molecule has 7 amide bonds. The van der Waals surface area contributed by atoms with Crippen LogP contribution >= 0.6 is 34.8 Å². The van der Waals surface area contributed by atoms with Gasteiger partial charge in [-0.2, -0.15) is 0 Å². The summed E-state index contributed by atoms with van der Waals surface area (Å²) in [6.07, 6.45) is 17.0. The number of likely N-dealkylation sites (tertiary alicyclic amines) is 5. The number of hydrogen-bond donors (Lipinski definition) is 1. The highest BCUT2D eigenvalue weighted by Gasteiger charge is 2.60. The molecule has 11 saturated heterocycles. The Balaban J connectivity index is 0.000000141. The van der Waals surface area contributed by atoms with Gasteiger partial charge in [-0.1, -0.05) is 183 Å². The van der Waals surface area contributed by atoms with Crippen LogP contribution in [-0.4, -0.2) is 280 Å². The van der Waals surface area contributed by atoms with Crippen molar-refractivity contribution in [1.82, 2.24) is 39.2 Å². The number of ketones is 2. The van der Waals surface area contributed by atoms with Crippen molar-refractivity contribution in [3.05, 3.63) is 226 Å². The molecule has 20 rings (SSSR count). The number of rotatable bonds is 14. The maximum atomic E-state index is 14.2. The zero-order valence-electron chi connectivity index (χ0n) is 88.1. The standard InChI is InChI=1S/C32H41ClN4O4.C32H41ClN4O3.C17H24N2O.C16H20ClNO4.C15H19NO.C5H8O2/c1-22(2)36-21-37(25-9-7-6-8-10-25)32(29(36)39)15-17-34(18-16-32)28(38)27-20-35(30(40)41-31(3,4)5)19-26(27)23-11-13-24(33)14-12-23;1-23(2)36-22-37(27-6-4-3-5-7-27)32(31(36)39)14-16-34(17-15-32)30(38)29-21-35(26-12-18-40-19-13-26)20-28(29)24-8-10-25(33)11-9-24;1-14(2)18-13-19(15-9-5-3-6-10-15)17(16(18)20)11-7-4-8-12-17;1-16(2,3)22-15(21)18-8-12(13(9-18)14(19)20)10-4-6-11(17)7-5-10;17-14-9-12-16(13-7-3-1-4-8-13)15(14)10-5-2-6-11-15;6-5-1-3-7-4-2-5/h6-14,22,26-27H,15-21H2,1-5H3;3-11,23,26,28-29H,12-22H2,1-2H3;3,5-6,9-10,14H,4,7-8,11-13H2,1-2H3;4-7,12-13H,8-9H2,1-3H3,(H,19,20);1,3-4,7-8H,2,5-6,9-12H2;1-4H2. The molecule has 2 saturated carbocycles. The number of nitrogens with zero attached hydrogens (tertiary/aromatic N) is 12. The second kappa shape index (κ2) is 48.4. The van der Waals surface area contributed by atoms with Gasteiger partial charge >= 0.3 is 18.2 Å². The van der Waals surface area contributed by atoms with Gasteiger partial charge in [0, 0.05) is 184 Å². The molecule has 11 aliphatic heterocycles. The fourth-order valence-corrected chi connectivity index (χ4v) is 24.6. The largest absolute Gasteiger partial charge is 0.481 e. The Morgan fingerprint density at radius 2 is 0.667 bits per heavy atom. The van der Waals surface area contributed by atoms with E-state index in [0.717, 1.165) is 107 Å². The molecule has 0 aromatic heterocycles. The number of Topliss-reactive ketones (excluding diaryl/α,β-unsaturated/α-hetero) is 2. The van der Waals surface area contributed by atoms with Crippen LogP contribution in [0, 0.1) is 17.8 Å². The molecule has 13 fully saturated rings. The number of carbonyl (C=O) groups excluding carboxylic acids is 9. The van der Waals surface area contributed by atoms with Gasteiger partial charge in [0.1, 0.15) is 33.6 Å². The minimum Gasteiger partial charge on any atom is -0.481 e. The Bertz CT molecular complexity index is 5600. The molecule has 7 aromatic carbocycles. The molecular formula is C117H153Cl3N12O15. The van der Waals surface area contributed by atoms with Gasteiger partial charge in [0.05, 0.1) is 56.5 Å². The molecule has 792 valence electrons. The van der Waals surface area contributed by atoms with Gasteiger partial charge in [0.2, 0.25) is 29.5 Å². The average molecular weight is 2070 g/mol. The van der Waals surface area contributed by atoms with Crippen LogP contribution in [0.25, 0.3) is 0 Å². The molecule has 4 spiro atoms. The Morgan fingerprint density at radius 1 is 0.354 bits per heavy atom. The van der Waals surface area contributed by atoms with Crippen molar-refractivity contribution in [1.29, 1.82) is 0 Å². The molecule has 11 heterocycles. The summed E-state index contributed by atoms with van der Waals surface area (Å²) < 4.78 is 21.5. The van der Waals surface area contributed by atoms with Crippen molar-refractivity contribution in [2.45, 2.75) is 280 Å². The summed E-state index contributed by atoms with van der Waals surface area (Å²) in [7, 11) is 0. The zero-order chi connectivity index (χ0) is 105. The van der Waals surface area contributed by atoms with E-state index in [1.54, 1.807) is 37.8 Å². The monoisotopic (exact) mass is 2070 g/mol. The number of anilines is 4. The lowest BCUT2D eigenvalue weighted by molar-refractivity contribution is -0.142. The minimum atomic E-state index is -0.911. The summed E-state index contributed by atoms with van der Waals surface area (Å²) in [6, 6.07) is 64.8. The van der Waals surface area contributed by atoms with E-state index in [-0.39, 0.29) is 83.0 Å². The number of carboxylic acids is 1. The number of carboxylic acid groups (broad SMARTS) is 1. The number of para-hydroxylation sites is 4. The summed E-state index contributed by atoms with van der Waals surface area (Å²) in [5.41, 5.74) is 4.60. The molecule has 0 bridgehead atoms. The van der Waals surface area contributed by atoms with Crippen molar-refractivity contribution >= 4 is 117 Å². The van der Waals surface area contributed by atoms with Crippen LogP contribution in [0.4, 0.5) is 32.3 Å². The topological polar surface area (TPSA) is 267 Å². The first kappa shape index (κ1) is 110. The fraction of sp³-hybridized carbons (Fsp3) is 0.556. The van der Waals surface area contributed by atoms with E-state index in [1.165, 1.54) is 60.4 Å². The summed E-state index contributed by atoms with van der Waals surface area (Å²) in [5, 5.41) is 11.4. The lowest BCUT2D eigenvalue weighted by atomic mass is 9.79. The highest BCUT2D eigenvalue weighted by atomic mass is 35.5. The fourth-order valence-electron chi connectivity index (χ4n) is 24.2.